The molecule has 54 heavy (non-hydrogen) atoms. The molecule has 0 radical (unpaired) electrons. The Kier molecular flexibility index (Phi) is 21.2. The third-order valence-electron chi connectivity index (χ3n) is 8.94. The van der Waals surface area contributed by atoms with E-state index < -0.39 is 120 Å². The number of alkyl halides is 2. The molecule has 0 bridgehead atoms. The van der Waals surface area contributed by atoms with Gasteiger partial charge in [0.15, 0.2) is 12.6 Å². The number of carbonyl (C=O) groups is 2. The van der Waals surface area contributed by atoms with Gasteiger partial charge >= 0.3 is 35.5 Å². The third-order valence-corrected chi connectivity index (χ3v) is 10.2. The molecule has 0 aliphatic carbocycles. The summed E-state index contributed by atoms with van der Waals surface area (Å²) in [6.07, 6.45) is -18.5. The van der Waals surface area contributed by atoms with Crippen LogP contribution < -0.4 is 34.9 Å². The van der Waals surface area contributed by atoms with E-state index in [0.29, 0.717) is 25.7 Å². The van der Waals surface area contributed by atoms with Crippen molar-refractivity contribution in [2.24, 2.45) is 0 Å². The summed E-state index contributed by atoms with van der Waals surface area (Å²) >= 11 is 12.2. The van der Waals surface area contributed by atoms with E-state index in [1.165, 1.54) is 14.0 Å². The van der Waals surface area contributed by atoms with Crippen molar-refractivity contribution in [1.29, 1.82) is 0 Å². The second kappa shape index (κ2) is 22.9. The average Bonchev–Trinajstić information content (AvgIpc) is 3.09. The van der Waals surface area contributed by atoms with Crippen molar-refractivity contribution in [3.8, 4) is 0 Å². The Hall–Kier alpha value is -0.0900. The summed E-state index contributed by atoms with van der Waals surface area (Å²) in [6.45, 7) is 1.41. The van der Waals surface area contributed by atoms with Crippen LogP contribution in [0.3, 0.4) is 0 Å². The van der Waals surface area contributed by atoms with Gasteiger partial charge in [-0.1, -0.05) is 25.7 Å². The molecule has 24 heteroatoms. The van der Waals surface area contributed by atoms with Gasteiger partial charge in [-0.15, -0.1) is 23.2 Å². The first-order valence-electron chi connectivity index (χ1n) is 17.0. The van der Waals surface area contributed by atoms with Crippen LogP contribution in [0.1, 0.15) is 58.8 Å². The van der Waals surface area contributed by atoms with Crippen LogP contribution in [-0.2, 0) is 57.3 Å². The van der Waals surface area contributed by atoms with E-state index in [0.717, 1.165) is 26.2 Å². The molecule has 3 fully saturated rings. The number of hydrogen-bond donors (Lipinski definition) is 7. The zero-order valence-corrected chi connectivity index (χ0v) is 34.6. The Labute approximate surface area is 345 Å². The molecule has 3 aliphatic heterocycles. The molecule has 1 amide bonds. The Balaban J connectivity index is 0.0000101. The topological polar surface area (TPSA) is 299 Å². The predicted molar refractivity (Wildman–Crippen MR) is 177 cm³/mol. The van der Waals surface area contributed by atoms with Crippen molar-refractivity contribution in [2.75, 3.05) is 26.2 Å². The minimum atomic E-state index is -5.45. The number of unbranched alkanes of at least 4 members (excludes halogenated alkanes) is 5. The van der Waals surface area contributed by atoms with Crippen molar-refractivity contribution in [3.63, 3.8) is 0 Å². The number of amides is 1. The molecule has 310 valence electrons. The second-order valence-corrected chi connectivity index (χ2v) is 14.8. The van der Waals surface area contributed by atoms with Gasteiger partial charge in [-0.2, -0.15) is 0 Å². The van der Waals surface area contributed by atoms with E-state index >= 15 is 0 Å². The monoisotopic (exact) mass is 853 g/mol. The number of ether oxygens (including phenoxy) is 7. The van der Waals surface area contributed by atoms with Crippen LogP contribution >= 0.6 is 23.2 Å². The average molecular weight is 855 g/mol. The fourth-order valence-corrected chi connectivity index (χ4v) is 7.42. The third kappa shape index (κ3) is 13.5. The van der Waals surface area contributed by atoms with Crippen LogP contribution in [0.2, 0.25) is 0 Å². The molecule has 3 aliphatic rings. The van der Waals surface area contributed by atoms with Crippen LogP contribution in [-0.4, -0.2) is 173 Å². The van der Waals surface area contributed by atoms with Gasteiger partial charge < -0.3 is 73.7 Å². The second-order valence-electron chi connectivity index (χ2n) is 13.0. The summed E-state index contributed by atoms with van der Waals surface area (Å²) in [4.78, 5) is 23.9. The number of aliphatic hydroxyl groups excluding tert-OH is 5. The van der Waals surface area contributed by atoms with E-state index in [2.05, 4.69) is 14.2 Å². The summed E-state index contributed by atoms with van der Waals surface area (Å²) in [6, 6.07) is 0. The van der Waals surface area contributed by atoms with E-state index in [4.69, 9.17) is 51.6 Å². The molecule has 0 spiro atoms. The Morgan fingerprint density at radius 1 is 0.889 bits per heavy atom. The first-order valence-corrected chi connectivity index (χ1v) is 19.3. The van der Waals surface area contributed by atoms with Crippen LogP contribution in [0, 0.1) is 0 Å². The molecule has 0 unspecified atom stereocenters. The molecular formula is C30H50Cl2NNaO19S. The van der Waals surface area contributed by atoms with Gasteiger partial charge in [-0.05, 0) is 19.8 Å². The number of aliphatic hydroxyl groups is 6. The van der Waals surface area contributed by atoms with Gasteiger partial charge in [0.2, 0.25) is 28.3 Å². The minimum Gasteiger partial charge on any atom is -0.726 e. The quantitative estimate of drug-likeness (QED) is 0.0122. The Morgan fingerprint density at radius 3 is 2.07 bits per heavy atom. The van der Waals surface area contributed by atoms with Gasteiger partial charge in [0.25, 0.3) is 0 Å². The zero-order chi connectivity index (χ0) is 39.7. The molecule has 0 saturated carbocycles. The van der Waals surface area contributed by atoms with Crippen molar-refractivity contribution in [2.45, 2.75) is 150 Å². The molecular weight excluding hydrogens is 804 g/mol. The molecule has 3 heterocycles. The molecule has 3 saturated heterocycles. The largest absolute Gasteiger partial charge is 1.00 e. The molecule has 20 nitrogen and oxygen atoms in total. The number of hydrogen-bond acceptors (Lipinski definition) is 19. The smallest absolute Gasteiger partial charge is 0.726 e. The summed E-state index contributed by atoms with van der Waals surface area (Å²) < 4.78 is 78.5. The molecule has 0 aromatic rings. The van der Waals surface area contributed by atoms with Crippen molar-refractivity contribution < 1.29 is 120 Å². The molecule has 0 aromatic carbocycles. The van der Waals surface area contributed by atoms with E-state index in [-0.39, 0.29) is 42.1 Å². The van der Waals surface area contributed by atoms with Crippen molar-refractivity contribution >= 4 is 45.5 Å². The van der Waals surface area contributed by atoms with Crippen LogP contribution in [0.4, 0.5) is 0 Å². The normalized spacial score (nSPS) is 38.7. The van der Waals surface area contributed by atoms with Crippen LogP contribution in [0.5, 0.6) is 0 Å². The Morgan fingerprint density at radius 2 is 1.50 bits per heavy atom. The number of halogens is 2. The van der Waals surface area contributed by atoms with Gasteiger partial charge in [-0.25, -0.2) is 8.42 Å². The van der Waals surface area contributed by atoms with Gasteiger partial charge in [-0.3, -0.25) is 13.8 Å². The summed E-state index contributed by atoms with van der Waals surface area (Å²) in [5.41, 5.74) is -2.77. The van der Waals surface area contributed by atoms with Crippen molar-refractivity contribution in [1.82, 2.24) is 5.32 Å². The molecule has 15 atom stereocenters. The standard InChI is InChI=1S/C30H51Cl2NO19S.Na/c1-14-20(37)21(38)22(39)27(47-14)51-26-24(50-28-23(40)25(52-53(42,43)44)19(32)16(12-31)48-28)17(13-34)49-29(30(26,41)33-15(2)35)46-11-9-7-5-4-6-8-10-18(36)45-3;/h14,16-17,19-29,34,37-41H,4-13H2,1-3H3,(H,33,35)(H,42,43,44);/q;+1/p-1/t14-,16+,17+,19-,20+,21+,22-,23+,24+,25-,26-,27-,28-,29+,30+;/m0./s1. The van der Waals surface area contributed by atoms with E-state index in [1.54, 1.807) is 0 Å². The first-order chi connectivity index (χ1) is 24.9. The molecule has 0 aromatic heterocycles. The maximum absolute atomic E-state index is 12.6. The summed E-state index contributed by atoms with van der Waals surface area (Å²) in [7, 11) is -4.13. The number of methoxy groups -OCH3 is 1. The van der Waals surface area contributed by atoms with E-state index in [1.807, 2.05) is 0 Å². The van der Waals surface area contributed by atoms with Crippen molar-refractivity contribution in [3.05, 3.63) is 0 Å². The molecule has 3 rings (SSSR count). The number of nitrogens with one attached hydrogen (secondary N) is 1. The maximum Gasteiger partial charge on any atom is 1.00 e. The Bertz CT molecular complexity index is 1280. The number of esters is 1. The fraction of sp³-hybridized carbons (Fsp3) is 0.933. The SMILES string of the molecule is COC(=O)CCCCCCCCO[C@@H]1O[C@H](CO)[C@@H](O[C@@H]2O[C@H](CCl)[C@H](Cl)[C@H](OS(=O)(=O)[O-])[C@H]2O)[C@H](O[C@@H]2O[C@@H](C)[C@@H](O)[C@@H](O)[C@@H]2O)[C@]1(O)NC(C)=O.[Na+]. The zero-order valence-electron chi connectivity index (χ0n) is 30.3. The van der Waals surface area contributed by atoms with E-state index in [9.17, 15) is 53.2 Å². The fourth-order valence-electron chi connectivity index (χ4n) is 6.14. The molecule has 7 N–H and O–H groups in total. The minimum absolute atomic E-state index is 0. The maximum atomic E-state index is 12.6. The summed E-state index contributed by atoms with van der Waals surface area (Å²) in [5.74, 6) is -1.58. The van der Waals surface area contributed by atoms with Gasteiger partial charge in [0, 0.05) is 20.0 Å². The first kappa shape index (κ1) is 50.1. The number of rotatable bonds is 19. The predicted octanol–water partition coefficient (Wildman–Crippen LogP) is -5.17. The van der Waals surface area contributed by atoms with Crippen LogP contribution in [0.25, 0.3) is 0 Å². The van der Waals surface area contributed by atoms with Gasteiger partial charge in [0.1, 0.15) is 48.8 Å². The van der Waals surface area contributed by atoms with Gasteiger partial charge in [0.05, 0.1) is 37.2 Å². The number of carbonyl (C=O) groups excluding carboxylic acids is 2. The summed E-state index contributed by atoms with van der Waals surface area (Å²) in [5, 5.41) is 66.0. The van der Waals surface area contributed by atoms with Crippen LogP contribution in [0.15, 0.2) is 0 Å².